The van der Waals surface area contributed by atoms with E-state index in [1.54, 1.807) is 0 Å². The second kappa shape index (κ2) is 13.8. The summed E-state index contributed by atoms with van der Waals surface area (Å²) in [5, 5.41) is 3.89. The van der Waals surface area contributed by atoms with Crippen molar-refractivity contribution in [2.24, 2.45) is 0 Å². The number of hydrogen-bond donors (Lipinski definition) is 1. The molecule has 1 N–H and O–H groups in total. The SMILES string of the molecule is CCCCC(CCC)c1cccc(NC2(c3ccccc3)OC(=O)c3ccccc32)c1C(CCC)CCCC. The van der Waals surface area contributed by atoms with Crippen molar-refractivity contribution in [3.8, 4) is 0 Å². The van der Waals surface area contributed by atoms with Crippen LogP contribution in [0.15, 0.2) is 72.8 Å². The molecule has 0 fully saturated rings. The lowest BCUT2D eigenvalue weighted by molar-refractivity contribution is 0.0212. The third-order valence-electron chi connectivity index (χ3n) is 8.34. The molecule has 39 heavy (non-hydrogen) atoms. The summed E-state index contributed by atoms with van der Waals surface area (Å²) < 4.78 is 6.35. The molecule has 1 aliphatic heterocycles. The molecule has 3 aromatic carbocycles. The van der Waals surface area contributed by atoms with Gasteiger partial charge in [0.15, 0.2) is 0 Å². The average molecular weight is 526 g/mol. The first-order chi connectivity index (χ1) is 19.1. The Hall–Kier alpha value is -3.07. The van der Waals surface area contributed by atoms with E-state index in [-0.39, 0.29) is 5.97 Å². The number of esters is 1. The first kappa shape index (κ1) is 28.9. The number of benzene rings is 3. The van der Waals surface area contributed by atoms with Gasteiger partial charge >= 0.3 is 5.97 Å². The molecule has 3 heteroatoms. The Labute approximate surface area is 236 Å². The van der Waals surface area contributed by atoms with E-state index in [2.05, 4.69) is 63.3 Å². The quantitative estimate of drug-likeness (QED) is 0.201. The molecule has 0 amide bonds. The molecule has 4 rings (SSSR count). The van der Waals surface area contributed by atoms with Gasteiger partial charge in [-0.25, -0.2) is 4.79 Å². The zero-order valence-electron chi connectivity index (χ0n) is 24.5. The molecule has 208 valence electrons. The van der Waals surface area contributed by atoms with Crippen LogP contribution in [0.3, 0.4) is 0 Å². The number of ether oxygens (including phenoxy) is 1. The Balaban J connectivity index is 1.91. The van der Waals surface area contributed by atoms with Gasteiger partial charge in [0.25, 0.3) is 0 Å². The van der Waals surface area contributed by atoms with Crippen molar-refractivity contribution in [3.63, 3.8) is 0 Å². The maximum atomic E-state index is 13.2. The average Bonchev–Trinajstić information content (AvgIpc) is 3.26. The normalized spacial score (nSPS) is 17.9. The number of cyclic esters (lactones) is 1. The van der Waals surface area contributed by atoms with Crippen LogP contribution < -0.4 is 5.32 Å². The molecule has 0 spiro atoms. The largest absolute Gasteiger partial charge is 0.427 e. The number of nitrogens with one attached hydrogen (secondary N) is 1. The molecule has 0 saturated carbocycles. The highest BCUT2D eigenvalue weighted by Gasteiger charge is 2.47. The first-order valence-corrected chi connectivity index (χ1v) is 15.4. The summed E-state index contributed by atoms with van der Waals surface area (Å²) in [6.07, 6.45) is 11.9. The first-order valence-electron chi connectivity index (χ1n) is 15.4. The van der Waals surface area contributed by atoms with Gasteiger partial charge in [-0.3, -0.25) is 0 Å². The molecule has 0 saturated heterocycles. The molecule has 3 atom stereocenters. The zero-order valence-corrected chi connectivity index (χ0v) is 24.5. The summed E-state index contributed by atoms with van der Waals surface area (Å²) in [7, 11) is 0. The molecule has 0 aliphatic carbocycles. The van der Waals surface area contributed by atoms with Crippen LogP contribution in [-0.2, 0) is 10.5 Å². The van der Waals surface area contributed by atoms with E-state index in [4.69, 9.17) is 4.74 Å². The van der Waals surface area contributed by atoms with Crippen molar-refractivity contribution < 1.29 is 9.53 Å². The van der Waals surface area contributed by atoms with Gasteiger partial charge in [-0.15, -0.1) is 0 Å². The minimum Gasteiger partial charge on any atom is -0.427 e. The number of hydrogen-bond acceptors (Lipinski definition) is 3. The minimum absolute atomic E-state index is 0.275. The number of fused-ring (bicyclic) bond motifs is 1. The lowest BCUT2D eigenvalue weighted by Crippen LogP contribution is -2.37. The maximum absolute atomic E-state index is 13.2. The van der Waals surface area contributed by atoms with E-state index in [0.29, 0.717) is 17.4 Å². The molecule has 0 radical (unpaired) electrons. The van der Waals surface area contributed by atoms with Gasteiger partial charge < -0.3 is 10.1 Å². The Bertz CT molecular complexity index is 1200. The number of carbonyl (C=O) groups excluding carboxylic acids is 1. The fourth-order valence-electron chi connectivity index (χ4n) is 6.45. The molecule has 3 unspecified atom stereocenters. The van der Waals surface area contributed by atoms with Crippen LogP contribution >= 0.6 is 0 Å². The molecule has 3 nitrogen and oxygen atoms in total. The highest BCUT2D eigenvalue weighted by molar-refractivity contribution is 5.96. The lowest BCUT2D eigenvalue weighted by atomic mass is 9.78. The third-order valence-corrected chi connectivity index (χ3v) is 8.34. The van der Waals surface area contributed by atoms with Crippen LogP contribution in [0.4, 0.5) is 5.69 Å². The van der Waals surface area contributed by atoms with Crippen molar-refractivity contribution in [2.45, 2.75) is 109 Å². The van der Waals surface area contributed by atoms with Crippen molar-refractivity contribution in [1.29, 1.82) is 0 Å². The van der Waals surface area contributed by atoms with Gasteiger partial charge in [-0.05, 0) is 60.8 Å². The summed E-state index contributed by atoms with van der Waals surface area (Å²) in [4.78, 5) is 13.2. The Kier molecular flexibility index (Phi) is 10.3. The van der Waals surface area contributed by atoms with Gasteiger partial charge in [0, 0.05) is 16.8 Å². The Morgan fingerprint density at radius 3 is 2.03 bits per heavy atom. The number of unbranched alkanes of at least 4 members (excludes halogenated alkanes) is 2. The molecule has 1 heterocycles. The second-order valence-corrected chi connectivity index (χ2v) is 11.2. The van der Waals surface area contributed by atoms with Crippen molar-refractivity contribution in [1.82, 2.24) is 0 Å². The number of carbonyl (C=O) groups is 1. The predicted octanol–water partition coefficient (Wildman–Crippen LogP) is 10.3. The number of anilines is 1. The van der Waals surface area contributed by atoms with Crippen LogP contribution in [-0.4, -0.2) is 5.97 Å². The van der Waals surface area contributed by atoms with E-state index >= 15 is 0 Å². The van der Waals surface area contributed by atoms with Gasteiger partial charge in [0.2, 0.25) is 5.72 Å². The fraction of sp³-hybridized carbons (Fsp3) is 0.472. The third kappa shape index (κ3) is 6.24. The van der Waals surface area contributed by atoms with Crippen LogP contribution in [0.25, 0.3) is 0 Å². The van der Waals surface area contributed by atoms with Crippen molar-refractivity contribution in [2.75, 3.05) is 5.32 Å². The lowest BCUT2D eigenvalue weighted by Gasteiger charge is -2.35. The molecular formula is C36H47NO2. The maximum Gasteiger partial charge on any atom is 0.341 e. The monoisotopic (exact) mass is 525 g/mol. The smallest absolute Gasteiger partial charge is 0.341 e. The standard InChI is InChI=1S/C36H47NO2/c1-5-9-19-27(17-7-3)30-24-16-26-33(34(30)28(18-8-4)20-10-6-2)37-36(29-21-12-11-13-22-29)32-25-15-14-23-31(32)35(38)39-36/h11-16,21-28,37H,5-10,17-20H2,1-4H3. The van der Waals surface area contributed by atoms with Gasteiger partial charge in [-0.1, -0.05) is 127 Å². The molecule has 0 aromatic heterocycles. The van der Waals surface area contributed by atoms with E-state index in [1.165, 1.54) is 62.5 Å². The molecular weight excluding hydrogens is 478 g/mol. The summed E-state index contributed by atoms with van der Waals surface area (Å²) >= 11 is 0. The van der Waals surface area contributed by atoms with Crippen LogP contribution in [0, 0.1) is 0 Å². The predicted molar refractivity (Wildman–Crippen MR) is 163 cm³/mol. The molecule has 0 bridgehead atoms. The Morgan fingerprint density at radius 2 is 1.33 bits per heavy atom. The van der Waals surface area contributed by atoms with Crippen molar-refractivity contribution >= 4 is 11.7 Å². The Morgan fingerprint density at radius 1 is 0.692 bits per heavy atom. The fourth-order valence-corrected chi connectivity index (χ4v) is 6.45. The van der Waals surface area contributed by atoms with Crippen LogP contribution in [0.1, 0.15) is 136 Å². The van der Waals surface area contributed by atoms with Gasteiger partial charge in [0.05, 0.1) is 5.56 Å². The highest BCUT2D eigenvalue weighted by Crippen LogP contribution is 2.46. The summed E-state index contributed by atoms with van der Waals surface area (Å²) in [5.74, 6) is 0.733. The zero-order chi connectivity index (χ0) is 27.7. The van der Waals surface area contributed by atoms with Gasteiger partial charge in [-0.2, -0.15) is 0 Å². The van der Waals surface area contributed by atoms with Crippen LogP contribution in [0.5, 0.6) is 0 Å². The van der Waals surface area contributed by atoms with Crippen LogP contribution in [0.2, 0.25) is 0 Å². The van der Waals surface area contributed by atoms with E-state index < -0.39 is 5.72 Å². The van der Waals surface area contributed by atoms with Gasteiger partial charge in [0.1, 0.15) is 0 Å². The van der Waals surface area contributed by atoms with Crippen molar-refractivity contribution in [3.05, 3.63) is 101 Å². The summed E-state index contributed by atoms with van der Waals surface area (Å²) in [5.41, 5.74) is 5.44. The highest BCUT2D eigenvalue weighted by atomic mass is 16.6. The van der Waals surface area contributed by atoms with E-state index in [1.807, 2.05) is 42.5 Å². The summed E-state index contributed by atoms with van der Waals surface area (Å²) in [6, 6.07) is 24.8. The topological polar surface area (TPSA) is 38.3 Å². The molecule has 1 aliphatic rings. The second-order valence-electron chi connectivity index (χ2n) is 11.2. The van der Waals surface area contributed by atoms with E-state index in [0.717, 1.165) is 29.7 Å². The van der Waals surface area contributed by atoms with E-state index in [9.17, 15) is 4.79 Å². The summed E-state index contributed by atoms with van der Waals surface area (Å²) in [6.45, 7) is 9.18. The molecule has 3 aromatic rings. The minimum atomic E-state index is -1.06. The number of rotatable bonds is 15.